The molecule has 2 aromatic heterocycles. The number of nitrogens with two attached hydrogens (primary N) is 1. The molecule has 50 nitrogen and oxygen atoms in total. The van der Waals surface area contributed by atoms with Crippen LogP contribution in [0.25, 0.3) is 11.2 Å². The minimum Gasteiger partial charge on any atom is -0.481 e. The summed E-state index contributed by atoms with van der Waals surface area (Å²) in [5, 5.41) is 214. The first-order valence-electron chi connectivity index (χ1n) is 36.8. The molecule has 0 aliphatic heterocycles. The number of thioether (sulfide) groups is 1. The third kappa shape index (κ3) is 36.2. The zero-order valence-corrected chi connectivity index (χ0v) is 64.7. The van der Waals surface area contributed by atoms with Gasteiger partial charge in [0.15, 0.2) is 11.2 Å². The largest absolute Gasteiger partial charge is 0.481 e. The summed E-state index contributed by atoms with van der Waals surface area (Å²) in [5.41, 5.74) is 5.37. The van der Waals surface area contributed by atoms with Crippen LogP contribution in [0, 0.1) is 0 Å². The predicted octanol–water partition coefficient (Wildman–Crippen LogP) is -13.3. The number of rotatable bonds is 58. The second-order valence-electron chi connectivity index (χ2n) is 26.9. The quantitative estimate of drug-likeness (QED) is 0.0233. The Morgan fingerprint density at radius 3 is 1.14 bits per heavy atom. The Labute approximate surface area is 679 Å². The lowest BCUT2D eigenvalue weighted by Gasteiger charge is -2.28. The molecule has 666 valence electrons. The second-order valence-corrected chi connectivity index (χ2v) is 28.1. The molecule has 10 amide bonds. The number of aliphatic carboxylic acids is 4. The molecule has 2 heterocycles. The molecule has 0 saturated carbocycles. The van der Waals surface area contributed by atoms with Crippen molar-refractivity contribution in [2.45, 2.75) is 212 Å². The van der Waals surface area contributed by atoms with Crippen LogP contribution < -0.4 is 69.8 Å². The van der Waals surface area contributed by atoms with Crippen molar-refractivity contribution in [3.05, 3.63) is 52.1 Å². The Hall–Kier alpha value is -10.6. The average molecular weight is 1720 g/mol. The van der Waals surface area contributed by atoms with E-state index in [9.17, 15) is 164 Å². The summed E-state index contributed by atoms with van der Waals surface area (Å²) in [5.74, 6) is -19.6. The number of fused-ring (bicyclic) bond motifs is 1. The van der Waals surface area contributed by atoms with E-state index >= 15 is 0 Å². The van der Waals surface area contributed by atoms with Gasteiger partial charge in [-0.1, -0.05) is 6.92 Å². The highest BCUT2D eigenvalue weighted by atomic mass is 32.2. The number of hydrogen-bond donors (Lipinski definition) is 32. The third-order valence-corrected chi connectivity index (χ3v) is 18.8. The molecular weight excluding hydrogens is 1620 g/mol. The lowest BCUT2D eigenvalue weighted by atomic mass is 10.0. The van der Waals surface area contributed by atoms with Crippen molar-refractivity contribution in [1.29, 1.82) is 0 Å². The van der Waals surface area contributed by atoms with E-state index in [4.69, 9.17) is 10.8 Å². The second kappa shape index (κ2) is 52.3. The van der Waals surface area contributed by atoms with Crippen LogP contribution in [0.15, 0.2) is 35.3 Å². The third-order valence-electron chi connectivity index (χ3n) is 17.6. The van der Waals surface area contributed by atoms with Gasteiger partial charge in [0.2, 0.25) is 59.1 Å². The van der Waals surface area contributed by atoms with E-state index in [-0.39, 0.29) is 40.7 Å². The molecule has 0 aliphatic carbocycles. The van der Waals surface area contributed by atoms with Crippen LogP contribution >= 0.6 is 11.8 Å². The number of aliphatic hydroxyl groups is 15. The van der Waals surface area contributed by atoms with Crippen LogP contribution in [-0.4, -0.2) is 366 Å². The molecule has 3 aromatic rings. The van der Waals surface area contributed by atoms with Gasteiger partial charge in [-0.25, -0.2) is 19.6 Å². The van der Waals surface area contributed by atoms with Crippen LogP contribution in [0.2, 0.25) is 0 Å². The highest BCUT2D eigenvalue weighted by molar-refractivity contribution is 7.99. The smallest absolute Gasteiger partial charge is 0.327 e. The normalized spacial score (nSPS) is 16.2. The molecule has 0 fully saturated rings. The van der Waals surface area contributed by atoms with Crippen LogP contribution in [0.5, 0.6) is 0 Å². The monoisotopic (exact) mass is 1720 g/mol. The van der Waals surface area contributed by atoms with Crippen LogP contribution in [0.4, 0.5) is 11.6 Å². The van der Waals surface area contributed by atoms with Gasteiger partial charge in [-0.15, -0.1) is 0 Å². The number of H-pyrrole nitrogens is 1. The Morgan fingerprint density at radius 2 is 0.782 bits per heavy atom. The van der Waals surface area contributed by atoms with E-state index in [1.54, 1.807) is 6.92 Å². The van der Waals surface area contributed by atoms with Gasteiger partial charge in [-0.05, 0) is 75.0 Å². The molecule has 1 aromatic carbocycles. The number of anilines is 2. The number of carboxylic acids is 4. The predicted molar refractivity (Wildman–Crippen MR) is 405 cm³/mol. The fourth-order valence-electron chi connectivity index (χ4n) is 10.6. The highest BCUT2D eigenvalue weighted by Gasteiger charge is 2.38. The van der Waals surface area contributed by atoms with Gasteiger partial charge in [0.1, 0.15) is 97.2 Å². The molecule has 0 unspecified atom stereocenters. The van der Waals surface area contributed by atoms with Gasteiger partial charge >= 0.3 is 23.9 Å². The lowest BCUT2D eigenvalue weighted by Crippen LogP contribution is -2.60. The van der Waals surface area contributed by atoms with Crippen LogP contribution in [0.3, 0.4) is 0 Å². The summed E-state index contributed by atoms with van der Waals surface area (Å²) in [6.07, 6.45) is -34.1. The minimum atomic E-state index is -2.24. The number of carbonyl (C=O) groups is 14. The summed E-state index contributed by atoms with van der Waals surface area (Å²) in [7, 11) is 0. The summed E-state index contributed by atoms with van der Waals surface area (Å²) in [6, 6.07) is -8.84. The van der Waals surface area contributed by atoms with E-state index in [1.807, 2.05) is 0 Å². The topological polar surface area (TPSA) is 853 Å². The van der Waals surface area contributed by atoms with Gasteiger partial charge in [0.05, 0.1) is 56.6 Å². The summed E-state index contributed by atoms with van der Waals surface area (Å²) < 4.78 is 0. The maximum Gasteiger partial charge on any atom is 0.327 e. The molecule has 51 heteroatoms. The number of nitrogens with one attached hydrogen (secondary N) is 12. The molecule has 3 rings (SSSR count). The molecule has 0 bridgehead atoms. The van der Waals surface area contributed by atoms with Gasteiger partial charge < -0.3 is 161 Å². The Morgan fingerprint density at radius 1 is 0.437 bits per heavy atom. The number of carbonyl (C=O) groups excluding carboxylic acids is 10. The maximum atomic E-state index is 14.7. The first-order valence-corrected chi connectivity index (χ1v) is 38.0. The van der Waals surface area contributed by atoms with Gasteiger partial charge in [0, 0.05) is 75.2 Å². The van der Waals surface area contributed by atoms with Crippen molar-refractivity contribution in [2.75, 3.05) is 62.0 Å². The number of aliphatic hydroxyl groups excluding tert-OH is 15. The fraction of sp³-hybridized carbons (Fsp3) is 0.618. The molecule has 0 spiro atoms. The first kappa shape index (κ1) is 103. The van der Waals surface area contributed by atoms with Crippen molar-refractivity contribution in [3.8, 4) is 0 Å². The number of nitrogen functional groups attached to an aromatic ring is 1. The van der Waals surface area contributed by atoms with Crippen molar-refractivity contribution in [3.63, 3.8) is 0 Å². The first-order chi connectivity index (χ1) is 56.0. The SMILES string of the molecule is CCCSC[C@H](NC(=O)[C@H](CCC(=O)NC[C@H](O)[C@@H](O)[C@H](O)[C@H](O)CO)NC(=O)[C@H](CCC(=O)O)NC(=O)[C@H](CCC(=O)NC[C@H](O)[C@@H](O)[C@H](O)[C@H](O)CO)NC(=O)[C@H](CCC(=O)O)NC(=O)[C@H](CCC(=O)NC[C@H](O)[C@@H](O)[C@H](O)[C@H](O)CO)NC(=O)CC[C@H](NC(=O)c1ccc(NCc2cnc3nc(N)[nH]c(=O)c3n2)cc1)C(=O)O)C(=O)O. The maximum absolute atomic E-state index is 14.7. The summed E-state index contributed by atoms with van der Waals surface area (Å²) in [6.45, 7) is -4.19. The van der Waals surface area contributed by atoms with Crippen molar-refractivity contribution in [1.82, 2.24) is 73.1 Å². The molecule has 33 N–H and O–H groups in total. The zero-order valence-electron chi connectivity index (χ0n) is 63.9. The molecule has 19 atom stereocenters. The number of aromatic nitrogens is 4. The molecule has 0 saturated heterocycles. The summed E-state index contributed by atoms with van der Waals surface area (Å²) >= 11 is 1.08. The van der Waals surface area contributed by atoms with Crippen molar-refractivity contribution in [2.24, 2.45) is 0 Å². The Kier molecular flexibility index (Phi) is 45.1. The zero-order chi connectivity index (χ0) is 89.5. The number of aromatic amines is 1. The number of carboxylic acid groups (broad SMARTS) is 4. The number of nitrogens with zero attached hydrogens (tertiary/aromatic N) is 3. The molecule has 0 radical (unpaired) electrons. The standard InChI is InChI=1S/C68H104N16O34S/c1-2-19-119-28-38(67(117)118)82-64(113)34(9-15-47(96)73-24-41(90)54(104)57(107)44(93)27-87)78-63(112)36(12-18-50(100)101)80-61(110)33(8-14-46(95)72-23-40(89)53(103)56(106)43(92)26-86)77-62(111)35(11-17-49(98)99)79-60(109)32(7-13-45(94)71-22-39(88)52(102)55(105)42(91)25-85)76-48(97)16-10-37(66(115)116)81-59(108)29-3-5-30(6-4-29)70-20-31-21-74-58-51(75-31)65(114)84-68(69)83-58/h3-6,21,32-44,52-57,70,85-93,102-107H,2,7-20,22-28H2,1H3,(H,71,94)(H,72,95)(H,73,96)(H,76,97)(H,77,111)(H,78,112)(H,79,109)(H,80,110)(H,81,108)(H,82,113)(H,98,99)(H,100,101)(H,115,116)(H,117,118)(H3,69,74,83,84,114)/t32-,33-,34-,35-,36-,37-,38-,39-,40-,41-,42+,43+,44+,52+,53+,54+,55+,56+,57+/m0/s1. The van der Waals surface area contributed by atoms with Crippen LogP contribution in [-0.2, 0) is 68.9 Å². The van der Waals surface area contributed by atoms with Gasteiger partial charge in [0.25, 0.3) is 11.5 Å². The van der Waals surface area contributed by atoms with Crippen molar-refractivity contribution < 1.29 is 164 Å². The minimum absolute atomic E-state index is 0.00280. The van der Waals surface area contributed by atoms with Crippen LogP contribution in [0.1, 0.15) is 106 Å². The van der Waals surface area contributed by atoms with E-state index in [0.717, 1.165) is 11.8 Å². The Balaban J connectivity index is 2.08. The van der Waals surface area contributed by atoms with E-state index in [0.29, 0.717) is 17.9 Å². The van der Waals surface area contributed by atoms with E-state index in [2.05, 4.69) is 78.4 Å². The number of benzene rings is 1. The van der Waals surface area contributed by atoms with E-state index < -0.39 is 321 Å². The molecule has 0 aliphatic rings. The number of amides is 10. The number of hydrogen-bond acceptors (Lipinski definition) is 36. The lowest BCUT2D eigenvalue weighted by molar-refractivity contribution is -0.142. The molecular formula is C68H104N16O34S. The summed E-state index contributed by atoms with van der Waals surface area (Å²) in [4.78, 5) is 216. The average Bonchev–Trinajstić information content (AvgIpc) is 0.808. The van der Waals surface area contributed by atoms with Gasteiger partial charge in [-0.2, -0.15) is 16.7 Å². The molecule has 119 heavy (non-hydrogen) atoms. The Bertz CT molecular complexity index is 3930. The highest BCUT2D eigenvalue weighted by Crippen LogP contribution is 2.17. The van der Waals surface area contributed by atoms with E-state index in [1.165, 1.54) is 30.5 Å². The van der Waals surface area contributed by atoms with Crippen molar-refractivity contribution >= 4 is 118 Å². The fourth-order valence-corrected chi connectivity index (χ4v) is 11.5. The van der Waals surface area contributed by atoms with Gasteiger partial charge in [-0.3, -0.25) is 67.3 Å².